The van der Waals surface area contributed by atoms with Crippen molar-refractivity contribution in [3.8, 4) is 22.6 Å². The summed E-state index contributed by atoms with van der Waals surface area (Å²) >= 11 is 7.12. The molecule has 8 nitrogen and oxygen atoms in total. The second kappa shape index (κ2) is 9.13. The van der Waals surface area contributed by atoms with E-state index in [9.17, 15) is 19.5 Å². The quantitative estimate of drug-likeness (QED) is 0.461. The van der Waals surface area contributed by atoms with Crippen LogP contribution in [-0.4, -0.2) is 36.6 Å². The molecule has 4 rings (SSSR count). The maximum Gasteiger partial charge on any atom is 0.346 e. The number of nitrogens with one attached hydrogen (secondary N) is 1. The minimum atomic E-state index is -1.08. The van der Waals surface area contributed by atoms with Gasteiger partial charge >= 0.3 is 5.97 Å². The number of carboxylic acids is 1. The van der Waals surface area contributed by atoms with Crippen LogP contribution in [0, 0.1) is 0 Å². The molecular weight excluding hydrogens is 468 g/mol. The van der Waals surface area contributed by atoms with Gasteiger partial charge in [0.05, 0.1) is 12.8 Å². The van der Waals surface area contributed by atoms with E-state index >= 15 is 0 Å². The zero-order valence-corrected chi connectivity index (χ0v) is 19.0. The van der Waals surface area contributed by atoms with Gasteiger partial charge in [0, 0.05) is 27.8 Å². The van der Waals surface area contributed by atoms with E-state index < -0.39 is 17.8 Å². The van der Waals surface area contributed by atoms with Crippen LogP contribution in [0.2, 0.25) is 5.02 Å². The summed E-state index contributed by atoms with van der Waals surface area (Å²) in [5.74, 6) is -1.62. The van der Waals surface area contributed by atoms with Gasteiger partial charge in [0.15, 0.2) is 18.1 Å². The number of carbonyl (C=O) groups excluding carboxylic acids is 2. The molecule has 0 saturated heterocycles. The van der Waals surface area contributed by atoms with Gasteiger partial charge in [-0.15, -0.1) is 11.3 Å². The molecule has 4 N–H and O–H groups in total. The Kier molecular flexibility index (Phi) is 6.26. The average molecular weight is 487 g/mol. The van der Waals surface area contributed by atoms with Crippen molar-refractivity contribution in [3.05, 3.63) is 62.8 Å². The van der Waals surface area contributed by atoms with Crippen molar-refractivity contribution in [2.24, 2.45) is 5.73 Å². The first-order valence-electron chi connectivity index (χ1n) is 9.83. The molecule has 0 aliphatic carbocycles. The molecule has 3 aromatic rings. The van der Waals surface area contributed by atoms with E-state index in [1.54, 1.807) is 42.5 Å². The number of hydrogen-bond donors (Lipinski definition) is 3. The first-order chi connectivity index (χ1) is 15.8. The number of methoxy groups -OCH3 is 1. The predicted molar refractivity (Wildman–Crippen MR) is 124 cm³/mol. The van der Waals surface area contributed by atoms with E-state index in [2.05, 4.69) is 5.32 Å². The number of rotatable bonds is 7. The Morgan fingerprint density at radius 2 is 1.94 bits per heavy atom. The number of hydrogen-bond acceptors (Lipinski definition) is 6. The van der Waals surface area contributed by atoms with Gasteiger partial charge in [-0.3, -0.25) is 9.59 Å². The van der Waals surface area contributed by atoms with Crippen LogP contribution in [0.5, 0.6) is 11.5 Å². The Labute approximate surface area is 197 Å². The molecule has 10 heteroatoms. The van der Waals surface area contributed by atoms with E-state index in [0.717, 1.165) is 21.8 Å². The fraction of sp³-hybridized carbons (Fsp3) is 0.174. The number of benzene rings is 2. The maximum atomic E-state index is 12.6. The van der Waals surface area contributed by atoms with Gasteiger partial charge in [0.2, 0.25) is 5.91 Å². The van der Waals surface area contributed by atoms with E-state index in [-0.39, 0.29) is 23.8 Å². The third kappa shape index (κ3) is 4.50. The molecule has 1 aliphatic heterocycles. The second-order valence-corrected chi connectivity index (χ2v) is 8.82. The Hall–Kier alpha value is -3.56. The van der Waals surface area contributed by atoms with Crippen molar-refractivity contribution in [1.29, 1.82) is 0 Å². The number of anilines is 1. The molecule has 170 valence electrons. The molecule has 0 fully saturated rings. The first kappa shape index (κ1) is 22.6. The van der Waals surface area contributed by atoms with Gasteiger partial charge in [0.25, 0.3) is 5.91 Å². The van der Waals surface area contributed by atoms with Crippen LogP contribution in [0.3, 0.4) is 0 Å². The summed E-state index contributed by atoms with van der Waals surface area (Å²) < 4.78 is 10.8. The SMILES string of the molecule is COc1cc(C2CC(=O)Nc3c2sc(C(=O)O)c3-c2ccc(Cl)cc2)ccc1OCC(N)=O. The minimum absolute atomic E-state index is 0.128. The standard InChI is InChI=1S/C23H19ClN2O6S/c1-31-16-8-12(4-7-15(16)32-10-17(25)27)14-9-18(28)26-20-19(11-2-5-13(24)6-3-11)22(23(29)30)33-21(14)20/h2-8,14H,9-10H2,1H3,(H2,25,27)(H,26,28)(H,29,30). The predicted octanol–water partition coefficient (Wildman–Crippen LogP) is 4.11. The van der Waals surface area contributed by atoms with Gasteiger partial charge < -0.3 is 25.6 Å². The highest BCUT2D eigenvalue weighted by Crippen LogP contribution is 2.50. The first-order valence-corrected chi connectivity index (χ1v) is 11.0. The van der Waals surface area contributed by atoms with E-state index in [4.69, 9.17) is 26.8 Å². The average Bonchev–Trinajstić information content (AvgIpc) is 3.17. The number of amides is 2. The molecule has 33 heavy (non-hydrogen) atoms. The van der Waals surface area contributed by atoms with Crippen LogP contribution >= 0.6 is 22.9 Å². The molecule has 1 unspecified atom stereocenters. The van der Waals surface area contributed by atoms with Crippen LogP contribution in [0.15, 0.2) is 42.5 Å². The molecule has 1 atom stereocenters. The largest absolute Gasteiger partial charge is 0.493 e. The third-order valence-corrected chi connectivity index (χ3v) is 6.74. The molecule has 0 saturated carbocycles. The number of aromatic carboxylic acids is 1. The van der Waals surface area contributed by atoms with E-state index in [0.29, 0.717) is 33.3 Å². The summed E-state index contributed by atoms with van der Waals surface area (Å²) in [4.78, 5) is 36.6. The lowest BCUT2D eigenvalue weighted by molar-refractivity contribution is -0.120. The highest BCUT2D eigenvalue weighted by Gasteiger charge is 2.34. The fourth-order valence-electron chi connectivity index (χ4n) is 3.77. The molecule has 1 aromatic heterocycles. The summed E-state index contributed by atoms with van der Waals surface area (Å²) in [7, 11) is 1.46. The lowest BCUT2D eigenvalue weighted by atomic mass is 9.88. The molecule has 0 spiro atoms. The number of carboxylic acid groups (broad SMARTS) is 1. The Balaban J connectivity index is 1.82. The van der Waals surface area contributed by atoms with Crippen LogP contribution < -0.4 is 20.5 Å². The number of nitrogens with two attached hydrogens (primary N) is 1. The van der Waals surface area contributed by atoms with Crippen LogP contribution in [0.25, 0.3) is 11.1 Å². The Morgan fingerprint density at radius 1 is 1.21 bits per heavy atom. The van der Waals surface area contributed by atoms with E-state index in [1.165, 1.54) is 7.11 Å². The zero-order valence-electron chi connectivity index (χ0n) is 17.4. The van der Waals surface area contributed by atoms with Gasteiger partial charge in [-0.25, -0.2) is 4.79 Å². The molecule has 2 amide bonds. The number of fused-ring (bicyclic) bond motifs is 1. The molecule has 2 aromatic carbocycles. The highest BCUT2D eigenvalue weighted by molar-refractivity contribution is 7.15. The summed E-state index contributed by atoms with van der Waals surface area (Å²) in [5.41, 5.74) is 7.46. The lowest BCUT2D eigenvalue weighted by Crippen LogP contribution is -2.22. The monoisotopic (exact) mass is 486 g/mol. The zero-order chi connectivity index (χ0) is 23.7. The van der Waals surface area contributed by atoms with Crippen molar-refractivity contribution < 1.29 is 29.0 Å². The topological polar surface area (TPSA) is 128 Å². The van der Waals surface area contributed by atoms with Crippen molar-refractivity contribution in [2.75, 3.05) is 19.0 Å². The van der Waals surface area contributed by atoms with Crippen molar-refractivity contribution >= 4 is 46.4 Å². The molecule has 2 heterocycles. The van der Waals surface area contributed by atoms with Crippen molar-refractivity contribution in [2.45, 2.75) is 12.3 Å². The van der Waals surface area contributed by atoms with Crippen molar-refractivity contribution in [1.82, 2.24) is 0 Å². The van der Waals surface area contributed by atoms with Gasteiger partial charge in [0.1, 0.15) is 4.88 Å². The number of carbonyl (C=O) groups is 3. The van der Waals surface area contributed by atoms with E-state index in [1.807, 2.05) is 0 Å². The van der Waals surface area contributed by atoms with Gasteiger partial charge in [-0.1, -0.05) is 29.8 Å². The van der Waals surface area contributed by atoms with Crippen LogP contribution in [0.4, 0.5) is 5.69 Å². The fourth-order valence-corrected chi connectivity index (χ4v) is 5.14. The molecule has 0 bridgehead atoms. The number of ether oxygens (including phenoxy) is 2. The third-order valence-electron chi connectivity index (χ3n) is 5.19. The smallest absolute Gasteiger partial charge is 0.346 e. The number of halogens is 1. The Bertz CT molecular complexity index is 1250. The summed E-state index contributed by atoms with van der Waals surface area (Å²) in [6.07, 6.45) is 0.136. The molecule has 0 radical (unpaired) electrons. The summed E-state index contributed by atoms with van der Waals surface area (Å²) in [6, 6.07) is 11.9. The number of thiophene rings is 1. The number of primary amides is 1. The summed E-state index contributed by atoms with van der Waals surface area (Å²) in [6.45, 7) is -0.303. The van der Waals surface area contributed by atoms with Crippen LogP contribution in [0.1, 0.15) is 32.5 Å². The lowest BCUT2D eigenvalue weighted by Gasteiger charge is -2.24. The van der Waals surface area contributed by atoms with Gasteiger partial charge in [-0.2, -0.15) is 0 Å². The maximum absolute atomic E-state index is 12.6. The second-order valence-electron chi connectivity index (χ2n) is 7.33. The molecular formula is C23H19ClN2O6S. The van der Waals surface area contributed by atoms with Crippen molar-refractivity contribution in [3.63, 3.8) is 0 Å². The highest BCUT2D eigenvalue weighted by atomic mass is 35.5. The van der Waals surface area contributed by atoms with Crippen LogP contribution in [-0.2, 0) is 9.59 Å². The van der Waals surface area contributed by atoms with Gasteiger partial charge in [-0.05, 0) is 35.4 Å². The normalized spacial score (nSPS) is 14.8. The molecule has 1 aliphatic rings. The summed E-state index contributed by atoms with van der Waals surface area (Å²) in [5, 5.41) is 13.3. The Morgan fingerprint density at radius 3 is 2.58 bits per heavy atom. The minimum Gasteiger partial charge on any atom is -0.493 e.